The molecule has 3 N–H and O–H groups in total. The van der Waals surface area contributed by atoms with Crippen LogP contribution in [0.15, 0.2) is 59.5 Å². The normalized spacial score (nSPS) is 17.0. The molecule has 4 aromatic heterocycles. The Morgan fingerprint density at radius 2 is 1.27 bits per heavy atom. The molecule has 0 atom stereocenters. The van der Waals surface area contributed by atoms with Crippen LogP contribution in [-0.2, 0) is 20.6 Å². The zero-order valence-electron chi connectivity index (χ0n) is 31.3. The van der Waals surface area contributed by atoms with Crippen molar-refractivity contribution < 1.29 is 14.0 Å². The summed E-state index contributed by atoms with van der Waals surface area (Å²) in [4.78, 5) is 40.2. The van der Waals surface area contributed by atoms with E-state index in [9.17, 15) is 4.79 Å². The van der Waals surface area contributed by atoms with E-state index in [0.717, 1.165) is 88.3 Å². The molecule has 270 valence electrons. The molecule has 12 nitrogen and oxygen atoms in total. The molecule has 2 fully saturated rings. The van der Waals surface area contributed by atoms with E-state index in [1.807, 2.05) is 64.1 Å². The minimum atomic E-state index is -0.320. The van der Waals surface area contributed by atoms with E-state index in [0.29, 0.717) is 23.8 Å². The second kappa shape index (κ2) is 13.9. The second-order valence-electron chi connectivity index (χ2n) is 14.9. The summed E-state index contributed by atoms with van der Waals surface area (Å²) in [5.74, 6) is 2.17. The molecule has 0 spiro atoms. The number of hydrogen-bond acceptors (Lipinski definition) is 8. The summed E-state index contributed by atoms with van der Waals surface area (Å²) in [6, 6.07) is 16.2. The molecule has 2 aliphatic heterocycles. The average molecular weight is 703 g/mol. The average Bonchev–Trinajstić information content (AvgIpc) is 3.82. The molecule has 0 amide bonds. The van der Waals surface area contributed by atoms with Crippen molar-refractivity contribution in [3.8, 4) is 34.0 Å². The molecular weight excluding hydrogens is 655 g/mol. The number of benzene rings is 2. The third-order valence-electron chi connectivity index (χ3n) is 10.7. The molecule has 0 bridgehead atoms. The number of H-pyrrole nitrogens is 3. The predicted octanol–water partition coefficient (Wildman–Crippen LogP) is 6.21. The van der Waals surface area contributed by atoms with Gasteiger partial charge in [0, 0.05) is 47.8 Å². The van der Waals surface area contributed by atoms with Gasteiger partial charge in [-0.3, -0.25) is 9.55 Å². The molecule has 8 rings (SSSR count). The molecule has 2 aliphatic rings. The third-order valence-corrected chi connectivity index (χ3v) is 10.7. The number of ether oxygens (including phenoxy) is 1. The largest absolute Gasteiger partial charge is 0.494 e. The van der Waals surface area contributed by atoms with Crippen LogP contribution in [0.1, 0.15) is 63.3 Å². The van der Waals surface area contributed by atoms with E-state index in [2.05, 4.69) is 69.7 Å². The van der Waals surface area contributed by atoms with Gasteiger partial charge in [0.05, 0.1) is 34.5 Å². The fraction of sp³-hybridized carbons (Fsp3) is 0.410. The van der Waals surface area contributed by atoms with E-state index in [1.165, 1.54) is 0 Å². The van der Waals surface area contributed by atoms with Crippen LogP contribution in [0.5, 0.6) is 0 Å². The lowest BCUT2D eigenvalue weighted by Crippen LogP contribution is -2.41. The summed E-state index contributed by atoms with van der Waals surface area (Å²) in [6.07, 6.45) is 3.62. The van der Waals surface area contributed by atoms with Crippen molar-refractivity contribution in [1.82, 2.24) is 39.5 Å². The zero-order chi connectivity index (χ0) is 36.8. The SMILES string of the molecule is Cc1nc(-c2ccc(-c3cnc4[nH]c(=O)n(CC5CCOCC5)c4n3)cc2)[nH]c1C.Cc1nc(-c2ccc(B3OC(C)(C)C(C)(C)O3)cc2)[nH]c1C. The highest BCUT2D eigenvalue weighted by Crippen LogP contribution is 2.36. The summed E-state index contributed by atoms with van der Waals surface area (Å²) in [5, 5.41) is 0. The van der Waals surface area contributed by atoms with E-state index < -0.39 is 0 Å². The number of hydrogen-bond donors (Lipinski definition) is 3. The smallest absolute Gasteiger partial charge is 0.399 e. The predicted molar refractivity (Wildman–Crippen MR) is 203 cm³/mol. The quantitative estimate of drug-likeness (QED) is 0.174. The Kier molecular flexibility index (Phi) is 9.53. The van der Waals surface area contributed by atoms with Gasteiger partial charge in [-0.25, -0.2) is 24.7 Å². The van der Waals surface area contributed by atoms with Crippen molar-refractivity contribution in [1.29, 1.82) is 0 Å². The monoisotopic (exact) mass is 702 g/mol. The van der Waals surface area contributed by atoms with Gasteiger partial charge in [0.2, 0.25) is 0 Å². The van der Waals surface area contributed by atoms with Crippen molar-refractivity contribution in [2.24, 2.45) is 5.92 Å². The number of aromatic amines is 3. The summed E-state index contributed by atoms with van der Waals surface area (Å²) in [7, 11) is -0.320. The lowest BCUT2D eigenvalue weighted by molar-refractivity contribution is 0.00578. The maximum absolute atomic E-state index is 12.5. The standard InChI is InChI=1S/C22H24N6O2.C17H23BN2O2/c1-13-14(2)25-19(24-13)17-5-3-16(4-6-17)18-11-23-20-21(26-18)28(22(29)27-20)12-15-7-9-30-10-8-15;1-11-12(2)20-15(19-11)13-7-9-14(10-8-13)18-21-16(3,4)17(5,6)22-18/h3-6,11,15H,7-10,12H2,1-2H3,(H,24,25)(H,23,27,29);7-10H,1-6H3,(H,19,20). The van der Waals surface area contributed by atoms with Gasteiger partial charge in [-0.05, 0) is 79.6 Å². The molecule has 2 aromatic carbocycles. The number of nitrogens with one attached hydrogen (secondary N) is 3. The van der Waals surface area contributed by atoms with Crippen LogP contribution in [0.4, 0.5) is 0 Å². The van der Waals surface area contributed by atoms with Crippen LogP contribution < -0.4 is 11.2 Å². The fourth-order valence-electron chi connectivity index (χ4n) is 6.36. The lowest BCUT2D eigenvalue weighted by atomic mass is 9.79. The van der Waals surface area contributed by atoms with E-state index in [-0.39, 0.29) is 24.0 Å². The van der Waals surface area contributed by atoms with Crippen LogP contribution in [0.3, 0.4) is 0 Å². The Bertz CT molecular complexity index is 2190. The molecule has 0 aliphatic carbocycles. The summed E-state index contributed by atoms with van der Waals surface area (Å²) >= 11 is 0. The highest BCUT2D eigenvalue weighted by Gasteiger charge is 2.51. The zero-order valence-corrected chi connectivity index (χ0v) is 31.3. The van der Waals surface area contributed by atoms with Gasteiger partial charge >= 0.3 is 12.8 Å². The van der Waals surface area contributed by atoms with Crippen LogP contribution >= 0.6 is 0 Å². The van der Waals surface area contributed by atoms with Crippen molar-refractivity contribution in [3.63, 3.8) is 0 Å². The number of nitrogens with zero attached hydrogens (tertiary/aromatic N) is 5. The number of imidazole rings is 3. The van der Waals surface area contributed by atoms with Crippen molar-refractivity contribution in [2.45, 2.75) is 86.0 Å². The number of fused-ring (bicyclic) bond motifs is 1. The number of rotatable bonds is 6. The third kappa shape index (κ3) is 7.13. The first kappa shape index (κ1) is 35.6. The molecule has 2 saturated heterocycles. The first-order valence-corrected chi connectivity index (χ1v) is 17.9. The van der Waals surface area contributed by atoms with Crippen LogP contribution in [0.25, 0.3) is 45.3 Å². The minimum Gasteiger partial charge on any atom is -0.399 e. The summed E-state index contributed by atoms with van der Waals surface area (Å²) in [5.41, 5.74) is 9.33. The molecule has 13 heteroatoms. The maximum atomic E-state index is 12.5. The van der Waals surface area contributed by atoms with Gasteiger partial charge in [0.15, 0.2) is 11.3 Å². The Hall–Kier alpha value is -4.85. The van der Waals surface area contributed by atoms with Gasteiger partial charge in [0.25, 0.3) is 0 Å². The molecule has 0 radical (unpaired) electrons. The minimum absolute atomic E-state index is 0.160. The lowest BCUT2D eigenvalue weighted by Gasteiger charge is -2.32. The van der Waals surface area contributed by atoms with Gasteiger partial charge in [0.1, 0.15) is 11.6 Å². The molecule has 0 unspecified atom stereocenters. The van der Waals surface area contributed by atoms with Gasteiger partial charge < -0.3 is 24.0 Å². The van der Waals surface area contributed by atoms with Crippen molar-refractivity contribution >= 4 is 23.9 Å². The van der Waals surface area contributed by atoms with Crippen LogP contribution in [-0.4, -0.2) is 71.0 Å². The Balaban J connectivity index is 0.000000170. The van der Waals surface area contributed by atoms with Crippen molar-refractivity contribution in [2.75, 3.05) is 13.2 Å². The van der Waals surface area contributed by atoms with Crippen molar-refractivity contribution in [3.05, 3.63) is 88.0 Å². The van der Waals surface area contributed by atoms with E-state index >= 15 is 0 Å². The highest BCUT2D eigenvalue weighted by atomic mass is 16.7. The Morgan fingerprint density at radius 1 is 0.750 bits per heavy atom. The van der Waals surface area contributed by atoms with Gasteiger partial charge in [-0.15, -0.1) is 0 Å². The van der Waals surface area contributed by atoms with E-state index in [1.54, 1.807) is 10.8 Å². The molecule has 6 aromatic rings. The molecule has 6 heterocycles. The summed E-state index contributed by atoms with van der Waals surface area (Å²) < 4.78 is 19.3. The van der Waals surface area contributed by atoms with Gasteiger partial charge in [-0.1, -0.05) is 48.5 Å². The topological polar surface area (TPSA) is 149 Å². The molecule has 52 heavy (non-hydrogen) atoms. The molecular formula is C39H47BN8O4. The first-order valence-electron chi connectivity index (χ1n) is 17.9. The fourth-order valence-corrected chi connectivity index (χ4v) is 6.36. The Morgan fingerprint density at radius 3 is 1.79 bits per heavy atom. The molecule has 0 saturated carbocycles. The van der Waals surface area contributed by atoms with E-state index in [4.69, 9.17) is 19.0 Å². The second-order valence-corrected chi connectivity index (χ2v) is 14.9. The maximum Gasteiger partial charge on any atom is 0.494 e. The van der Waals surface area contributed by atoms with Crippen LogP contribution in [0, 0.1) is 33.6 Å². The summed E-state index contributed by atoms with van der Waals surface area (Å²) in [6.45, 7) is 18.4. The van der Waals surface area contributed by atoms with Crippen LogP contribution in [0.2, 0.25) is 0 Å². The van der Waals surface area contributed by atoms with Gasteiger partial charge in [-0.2, -0.15) is 0 Å². The first-order chi connectivity index (χ1) is 24.8. The number of aromatic nitrogens is 8. The Labute approximate surface area is 304 Å². The number of aryl methyl sites for hydroxylation is 4. The highest BCUT2D eigenvalue weighted by molar-refractivity contribution is 6.62.